The molecular weight excluding hydrogens is 448 g/mol. The number of nitrogens with two attached hydrogens (primary N) is 1. The predicted octanol–water partition coefficient (Wildman–Crippen LogP) is 3.99. The minimum absolute atomic E-state index is 0.173. The highest BCUT2D eigenvalue weighted by atomic mass is 79.9. The maximum absolute atomic E-state index is 11.9. The van der Waals surface area contributed by atoms with Gasteiger partial charge in [0, 0.05) is 13.4 Å². The van der Waals surface area contributed by atoms with Crippen LogP contribution in [0.25, 0.3) is 0 Å². The van der Waals surface area contributed by atoms with Crippen molar-refractivity contribution >= 4 is 71.1 Å². The molecule has 0 heterocycles. The number of hydrogen-bond acceptors (Lipinski definition) is 3. The third kappa shape index (κ3) is 4.85. The Hall–Kier alpha value is 0.440. The summed E-state index contributed by atoms with van der Waals surface area (Å²) >= 11 is 11.9. The average Bonchev–Trinajstić information content (AvgIpc) is 2.30. The number of carbonyl (C=O) groups excluding carboxylic acids is 1. The first-order chi connectivity index (χ1) is 8.45. The van der Waals surface area contributed by atoms with Gasteiger partial charge in [-0.3, -0.25) is 4.79 Å². The Morgan fingerprint density at radius 2 is 1.94 bits per heavy atom. The lowest BCUT2D eigenvalue weighted by Crippen LogP contribution is -2.36. The number of nitrogens with one attached hydrogen (secondary N) is 1. The molecule has 0 unspecified atom stereocenters. The minimum Gasteiger partial charge on any atom is -0.323 e. The standard InChI is InChI=1S/C11H13Br3N2OS/c1-18-3-2-9(15)11(17)16-10-7(13)4-6(12)5-8(10)14/h4-5,9H,2-3,15H2,1H3,(H,16,17)/t9-/m1/s1. The van der Waals surface area contributed by atoms with Crippen LogP contribution < -0.4 is 11.1 Å². The second-order valence-corrected chi connectivity index (χ2v) is 7.23. The van der Waals surface area contributed by atoms with Gasteiger partial charge in [-0.2, -0.15) is 11.8 Å². The molecule has 0 aliphatic carbocycles. The number of anilines is 1. The van der Waals surface area contributed by atoms with E-state index in [1.165, 1.54) is 0 Å². The fraction of sp³-hybridized carbons (Fsp3) is 0.364. The quantitative estimate of drug-likeness (QED) is 0.698. The smallest absolute Gasteiger partial charge is 0.241 e. The van der Waals surface area contributed by atoms with Crippen LogP contribution >= 0.6 is 59.6 Å². The number of carbonyl (C=O) groups is 1. The fourth-order valence-electron chi connectivity index (χ4n) is 1.25. The molecule has 0 aliphatic rings. The van der Waals surface area contributed by atoms with Crippen LogP contribution in [-0.4, -0.2) is 24.0 Å². The number of thioether (sulfide) groups is 1. The molecule has 0 spiro atoms. The first-order valence-corrected chi connectivity index (χ1v) is 8.93. The fourth-order valence-corrected chi connectivity index (χ4v) is 4.20. The molecule has 0 saturated carbocycles. The second-order valence-electron chi connectivity index (χ2n) is 3.62. The molecule has 1 aromatic carbocycles. The monoisotopic (exact) mass is 458 g/mol. The van der Waals surface area contributed by atoms with E-state index in [2.05, 4.69) is 53.1 Å². The van der Waals surface area contributed by atoms with Crippen LogP contribution in [0.1, 0.15) is 6.42 Å². The molecule has 0 fully saturated rings. The van der Waals surface area contributed by atoms with Crippen LogP contribution in [0, 0.1) is 0 Å². The van der Waals surface area contributed by atoms with E-state index in [0.717, 1.165) is 19.2 Å². The Balaban J connectivity index is 2.76. The largest absolute Gasteiger partial charge is 0.323 e. The van der Waals surface area contributed by atoms with Crippen molar-refractivity contribution in [3.63, 3.8) is 0 Å². The molecule has 1 rings (SSSR count). The highest BCUT2D eigenvalue weighted by Crippen LogP contribution is 2.34. The lowest BCUT2D eigenvalue weighted by molar-refractivity contribution is -0.117. The molecule has 3 nitrogen and oxygen atoms in total. The molecule has 1 aromatic rings. The predicted molar refractivity (Wildman–Crippen MR) is 89.1 cm³/mol. The third-order valence-corrected chi connectivity index (χ3v) is 4.58. The molecule has 18 heavy (non-hydrogen) atoms. The molecule has 0 aliphatic heterocycles. The van der Waals surface area contributed by atoms with E-state index in [4.69, 9.17) is 5.73 Å². The van der Waals surface area contributed by atoms with Crippen LogP contribution in [0.2, 0.25) is 0 Å². The van der Waals surface area contributed by atoms with E-state index >= 15 is 0 Å². The van der Waals surface area contributed by atoms with E-state index < -0.39 is 6.04 Å². The Bertz CT molecular complexity index is 419. The summed E-state index contributed by atoms with van der Waals surface area (Å²) in [5, 5.41) is 2.83. The van der Waals surface area contributed by atoms with Gasteiger partial charge in [-0.25, -0.2) is 0 Å². The summed E-state index contributed by atoms with van der Waals surface area (Å²) in [5.41, 5.74) is 6.51. The van der Waals surface area contributed by atoms with Crippen LogP contribution in [0.3, 0.4) is 0 Å². The topological polar surface area (TPSA) is 55.1 Å². The zero-order valence-electron chi connectivity index (χ0n) is 9.67. The van der Waals surface area contributed by atoms with Gasteiger partial charge in [-0.1, -0.05) is 15.9 Å². The van der Waals surface area contributed by atoms with Crippen molar-refractivity contribution in [2.24, 2.45) is 5.73 Å². The maximum Gasteiger partial charge on any atom is 0.241 e. The first kappa shape index (κ1) is 16.5. The highest BCUT2D eigenvalue weighted by Gasteiger charge is 2.16. The van der Waals surface area contributed by atoms with Gasteiger partial charge in [0.25, 0.3) is 0 Å². The van der Waals surface area contributed by atoms with Crippen molar-refractivity contribution in [1.82, 2.24) is 0 Å². The molecule has 0 bridgehead atoms. The summed E-state index contributed by atoms with van der Waals surface area (Å²) in [6.45, 7) is 0. The van der Waals surface area contributed by atoms with E-state index in [0.29, 0.717) is 12.1 Å². The SMILES string of the molecule is CSCC[C@@H](N)C(=O)Nc1c(Br)cc(Br)cc1Br. The van der Waals surface area contributed by atoms with E-state index in [1.54, 1.807) is 11.8 Å². The van der Waals surface area contributed by atoms with E-state index in [-0.39, 0.29) is 5.91 Å². The zero-order valence-corrected chi connectivity index (χ0v) is 15.2. The van der Waals surface area contributed by atoms with Crippen molar-refractivity contribution in [3.05, 3.63) is 25.6 Å². The Kier molecular flexibility index (Phi) is 7.23. The third-order valence-electron chi connectivity index (χ3n) is 2.22. The van der Waals surface area contributed by atoms with Crippen molar-refractivity contribution in [3.8, 4) is 0 Å². The van der Waals surface area contributed by atoms with Crippen LogP contribution in [0.5, 0.6) is 0 Å². The van der Waals surface area contributed by atoms with E-state index in [1.807, 2.05) is 18.4 Å². The molecule has 0 radical (unpaired) electrons. The second kappa shape index (κ2) is 7.89. The average molecular weight is 461 g/mol. The Morgan fingerprint density at radius 3 is 2.44 bits per heavy atom. The molecule has 7 heteroatoms. The Morgan fingerprint density at radius 1 is 1.39 bits per heavy atom. The number of benzene rings is 1. The number of hydrogen-bond donors (Lipinski definition) is 2. The van der Waals surface area contributed by atoms with Crippen molar-refractivity contribution < 1.29 is 4.79 Å². The molecule has 3 N–H and O–H groups in total. The highest BCUT2D eigenvalue weighted by molar-refractivity contribution is 9.11. The lowest BCUT2D eigenvalue weighted by atomic mass is 10.2. The Labute approximate surface area is 136 Å². The van der Waals surface area contributed by atoms with Crippen LogP contribution in [0.15, 0.2) is 25.6 Å². The maximum atomic E-state index is 11.9. The molecule has 1 atom stereocenters. The first-order valence-electron chi connectivity index (χ1n) is 5.15. The van der Waals surface area contributed by atoms with Gasteiger partial charge in [-0.15, -0.1) is 0 Å². The van der Waals surface area contributed by atoms with Gasteiger partial charge in [0.05, 0.1) is 11.7 Å². The summed E-state index contributed by atoms with van der Waals surface area (Å²) in [4.78, 5) is 11.9. The van der Waals surface area contributed by atoms with Crippen molar-refractivity contribution in [1.29, 1.82) is 0 Å². The normalized spacial score (nSPS) is 12.3. The number of amides is 1. The molecule has 0 aromatic heterocycles. The molecule has 1 amide bonds. The number of halogens is 3. The summed E-state index contributed by atoms with van der Waals surface area (Å²) in [6.07, 6.45) is 2.66. The molecule has 100 valence electrons. The van der Waals surface area contributed by atoms with Crippen LogP contribution in [-0.2, 0) is 4.79 Å². The number of rotatable bonds is 5. The summed E-state index contributed by atoms with van der Waals surface area (Å²) < 4.78 is 2.52. The summed E-state index contributed by atoms with van der Waals surface area (Å²) in [7, 11) is 0. The van der Waals surface area contributed by atoms with Gasteiger partial charge in [-0.05, 0) is 62.4 Å². The van der Waals surface area contributed by atoms with E-state index in [9.17, 15) is 4.79 Å². The van der Waals surface area contributed by atoms with Crippen LogP contribution in [0.4, 0.5) is 5.69 Å². The molecule has 0 saturated heterocycles. The summed E-state index contributed by atoms with van der Waals surface area (Å²) in [5.74, 6) is 0.699. The van der Waals surface area contributed by atoms with Crippen molar-refractivity contribution in [2.45, 2.75) is 12.5 Å². The minimum atomic E-state index is -0.486. The van der Waals surface area contributed by atoms with Gasteiger partial charge in [0.15, 0.2) is 0 Å². The van der Waals surface area contributed by atoms with Crippen molar-refractivity contribution in [2.75, 3.05) is 17.3 Å². The molecular formula is C11H13Br3N2OS. The van der Waals surface area contributed by atoms with Gasteiger partial charge >= 0.3 is 0 Å². The lowest BCUT2D eigenvalue weighted by Gasteiger charge is -2.14. The summed E-state index contributed by atoms with van der Waals surface area (Å²) in [6, 6.07) is 3.25. The van der Waals surface area contributed by atoms with Gasteiger partial charge in [0.1, 0.15) is 0 Å². The van der Waals surface area contributed by atoms with Gasteiger partial charge in [0.2, 0.25) is 5.91 Å². The van der Waals surface area contributed by atoms with Gasteiger partial charge < -0.3 is 11.1 Å². The zero-order chi connectivity index (χ0) is 13.7.